The summed E-state index contributed by atoms with van der Waals surface area (Å²) < 4.78 is 5.35. The molecule has 3 heterocycles. The number of ether oxygens (including phenoxy) is 1. The number of H-pyrrole nitrogens is 1. The minimum absolute atomic E-state index is 0.118. The molecule has 1 aliphatic heterocycles. The smallest absolute Gasteiger partial charge is 0.177 e. The summed E-state index contributed by atoms with van der Waals surface area (Å²) in [4.78, 5) is 19.6. The van der Waals surface area contributed by atoms with Crippen molar-refractivity contribution in [3.63, 3.8) is 0 Å². The highest BCUT2D eigenvalue weighted by molar-refractivity contribution is 7.12. The van der Waals surface area contributed by atoms with Crippen LogP contribution in [0.2, 0.25) is 0 Å². The number of carbonyl (C=O) groups excluding carboxylic acids is 1. The van der Waals surface area contributed by atoms with Crippen LogP contribution in [0.1, 0.15) is 33.8 Å². The zero-order valence-corrected chi connectivity index (χ0v) is 16.1. The Labute approximate surface area is 157 Å². The fourth-order valence-electron chi connectivity index (χ4n) is 3.90. The van der Waals surface area contributed by atoms with E-state index in [0.29, 0.717) is 5.78 Å². The molecule has 1 aliphatic rings. The van der Waals surface area contributed by atoms with Crippen molar-refractivity contribution in [2.75, 3.05) is 20.2 Å². The Balaban J connectivity index is 1.51. The molecule has 3 aromatic rings. The first-order valence-corrected chi connectivity index (χ1v) is 9.99. The number of aromatic amines is 1. The van der Waals surface area contributed by atoms with Crippen LogP contribution in [0.5, 0.6) is 5.75 Å². The Hall–Kier alpha value is -2.11. The van der Waals surface area contributed by atoms with E-state index in [1.54, 1.807) is 18.4 Å². The first-order chi connectivity index (χ1) is 12.7. The number of thiophene rings is 1. The van der Waals surface area contributed by atoms with Crippen LogP contribution in [-0.4, -0.2) is 35.9 Å². The van der Waals surface area contributed by atoms with Crippen LogP contribution in [0.15, 0.2) is 35.7 Å². The van der Waals surface area contributed by atoms with Gasteiger partial charge in [-0.1, -0.05) is 6.07 Å². The molecule has 26 heavy (non-hydrogen) atoms. The third-order valence-corrected chi connectivity index (χ3v) is 6.28. The lowest BCUT2D eigenvalue weighted by Gasteiger charge is -2.31. The number of hydrogen-bond donors (Lipinski definition) is 1. The Morgan fingerprint density at radius 3 is 3.04 bits per heavy atom. The van der Waals surface area contributed by atoms with Crippen molar-refractivity contribution < 1.29 is 9.53 Å². The summed E-state index contributed by atoms with van der Waals surface area (Å²) in [6.45, 7) is 4.91. The van der Waals surface area contributed by atoms with Crippen molar-refractivity contribution in [2.45, 2.75) is 26.3 Å². The molecule has 1 N–H and O–H groups in total. The molecule has 1 unspecified atom stereocenters. The van der Waals surface area contributed by atoms with Crippen molar-refractivity contribution in [1.82, 2.24) is 9.88 Å². The lowest BCUT2D eigenvalue weighted by atomic mass is 9.93. The molecule has 1 fully saturated rings. The number of fused-ring (bicyclic) bond motifs is 1. The molecule has 1 aromatic carbocycles. The minimum atomic E-state index is 0.118. The van der Waals surface area contributed by atoms with Gasteiger partial charge in [-0.25, -0.2) is 0 Å². The zero-order valence-electron chi connectivity index (χ0n) is 15.2. The molecule has 0 bridgehead atoms. The zero-order chi connectivity index (χ0) is 18.1. The predicted octanol–water partition coefficient (Wildman–Crippen LogP) is 4.64. The van der Waals surface area contributed by atoms with Gasteiger partial charge in [-0.2, -0.15) is 0 Å². The standard InChI is InChI=1S/C21H24N2O2S/c1-14-17-11-16(25-2)7-8-18(17)22-19(14)13-23-9-3-5-15(12-23)21(24)20-6-4-10-26-20/h4,6-8,10-11,15,22H,3,5,9,12-13H2,1-2H3. The molecule has 0 spiro atoms. The van der Waals surface area contributed by atoms with Gasteiger partial charge in [0.25, 0.3) is 0 Å². The van der Waals surface area contributed by atoms with Gasteiger partial charge < -0.3 is 9.72 Å². The highest BCUT2D eigenvalue weighted by Gasteiger charge is 2.27. The molecular weight excluding hydrogens is 344 g/mol. The SMILES string of the molecule is COc1ccc2[nH]c(CN3CCCC(C(=O)c4cccs4)C3)c(C)c2c1. The molecule has 1 atom stereocenters. The monoisotopic (exact) mass is 368 g/mol. The minimum Gasteiger partial charge on any atom is -0.497 e. The predicted molar refractivity (Wildman–Crippen MR) is 106 cm³/mol. The van der Waals surface area contributed by atoms with Crippen molar-refractivity contribution in [2.24, 2.45) is 5.92 Å². The first kappa shape index (κ1) is 17.3. The molecule has 0 amide bonds. The molecule has 5 heteroatoms. The quantitative estimate of drug-likeness (QED) is 0.667. The maximum Gasteiger partial charge on any atom is 0.177 e. The van der Waals surface area contributed by atoms with Crippen molar-refractivity contribution in [3.05, 3.63) is 51.8 Å². The first-order valence-electron chi connectivity index (χ1n) is 9.11. The van der Waals surface area contributed by atoms with Crippen LogP contribution in [0.4, 0.5) is 0 Å². The van der Waals surface area contributed by atoms with Crippen LogP contribution in [0.3, 0.4) is 0 Å². The fraction of sp³-hybridized carbons (Fsp3) is 0.381. The van der Waals surface area contributed by atoms with Crippen LogP contribution in [-0.2, 0) is 6.54 Å². The van der Waals surface area contributed by atoms with Gasteiger partial charge in [0.05, 0.1) is 12.0 Å². The van der Waals surface area contributed by atoms with Gasteiger partial charge in [0, 0.05) is 35.6 Å². The molecule has 0 radical (unpaired) electrons. The van der Waals surface area contributed by atoms with E-state index in [2.05, 4.69) is 28.9 Å². The average molecular weight is 369 g/mol. The summed E-state index contributed by atoms with van der Waals surface area (Å²) >= 11 is 1.55. The third-order valence-electron chi connectivity index (χ3n) is 5.39. The van der Waals surface area contributed by atoms with Gasteiger partial charge in [0.2, 0.25) is 0 Å². The highest BCUT2D eigenvalue weighted by atomic mass is 32.1. The number of aryl methyl sites for hydroxylation is 1. The van der Waals surface area contributed by atoms with Gasteiger partial charge in [-0.05, 0) is 61.5 Å². The normalized spacial score (nSPS) is 18.3. The van der Waals surface area contributed by atoms with E-state index in [4.69, 9.17) is 4.74 Å². The van der Waals surface area contributed by atoms with Gasteiger partial charge in [-0.15, -0.1) is 11.3 Å². The number of Topliss-reactive ketones (excluding diaryl/α,β-unsaturated/α-hetero) is 1. The summed E-state index contributed by atoms with van der Waals surface area (Å²) in [7, 11) is 1.70. The second-order valence-electron chi connectivity index (χ2n) is 7.06. The number of methoxy groups -OCH3 is 1. The van der Waals surface area contributed by atoms with Crippen molar-refractivity contribution in [3.8, 4) is 5.75 Å². The maximum absolute atomic E-state index is 12.7. The molecule has 2 aromatic heterocycles. The summed E-state index contributed by atoms with van der Waals surface area (Å²) in [5.41, 5.74) is 3.64. The van der Waals surface area contributed by atoms with E-state index in [1.807, 2.05) is 23.6 Å². The molecule has 0 saturated carbocycles. The Kier molecular flexibility index (Phi) is 4.83. The lowest BCUT2D eigenvalue weighted by Crippen LogP contribution is -2.38. The number of benzene rings is 1. The number of ketones is 1. The molecule has 1 saturated heterocycles. The van der Waals surface area contributed by atoms with Crippen LogP contribution >= 0.6 is 11.3 Å². The summed E-state index contributed by atoms with van der Waals surface area (Å²) in [5, 5.41) is 3.19. The second kappa shape index (κ2) is 7.25. The molecule has 4 rings (SSSR count). The topological polar surface area (TPSA) is 45.3 Å². The van der Waals surface area contributed by atoms with Gasteiger partial charge in [-0.3, -0.25) is 9.69 Å². The number of aromatic nitrogens is 1. The van der Waals surface area contributed by atoms with E-state index < -0.39 is 0 Å². The Morgan fingerprint density at radius 1 is 1.38 bits per heavy atom. The lowest BCUT2D eigenvalue weighted by molar-refractivity contribution is 0.0814. The second-order valence-corrected chi connectivity index (χ2v) is 8.00. The van der Waals surface area contributed by atoms with Gasteiger partial charge in [0.1, 0.15) is 5.75 Å². The van der Waals surface area contributed by atoms with E-state index in [-0.39, 0.29) is 5.92 Å². The Bertz CT molecular complexity index is 914. The molecule has 136 valence electrons. The highest BCUT2D eigenvalue weighted by Crippen LogP contribution is 2.29. The number of rotatable bonds is 5. The van der Waals surface area contributed by atoms with Gasteiger partial charge >= 0.3 is 0 Å². The number of nitrogens with zero attached hydrogens (tertiary/aromatic N) is 1. The van der Waals surface area contributed by atoms with E-state index in [9.17, 15) is 4.79 Å². The van der Waals surface area contributed by atoms with E-state index >= 15 is 0 Å². The van der Waals surface area contributed by atoms with E-state index in [1.165, 1.54) is 16.6 Å². The number of piperidine rings is 1. The van der Waals surface area contributed by atoms with Crippen molar-refractivity contribution >= 4 is 28.0 Å². The molecule has 4 nitrogen and oxygen atoms in total. The summed E-state index contributed by atoms with van der Waals surface area (Å²) in [5.74, 6) is 1.31. The molecular formula is C21H24N2O2S. The number of nitrogens with one attached hydrogen (secondary N) is 1. The number of likely N-dealkylation sites (tertiary alicyclic amines) is 1. The van der Waals surface area contributed by atoms with Gasteiger partial charge in [0.15, 0.2) is 5.78 Å². The van der Waals surface area contributed by atoms with Crippen LogP contribution < -0.4 is 4.74 Å². The fourth-order valence-corrected chi connectivity index (χ4v) is 4.65. The van der Waals surface area contributed by atoms with Crippen LogP contribution in [0.25, 0.3) is 10.9 Å². The van der Waals surface area contributed by atoms with Crippen LogP contribution in [0, 0.1) is 12.8 Å². The summed E-state index contributed by atoms with van der Waals surface area (Å²) in [6, 6.07) is 10.1. The van der Waals surface area contributed by atoms with E-state index in [0.717, 1.165) is 48.6 Å². The largest absolute Gasteiger partial charge is 0.497 e. The maximum atomic E-state index is 12.7. The molecule has 0 aliphatic carbocycles. The summed E-state index contributed by atoms with van der Waals surface area (Å²) in [6.07, 6.45) is 2.07. The number of hydrogen-bond acceptors (Lipinski definition) is 4. The number of carbonyl (C=O) groups is 1. The average Bonchev–Trinajstić information content (AvgIpc) is 3.30. The Morgan fingerprint density at radius 2 is 2.27 bits per heavy atom. The third kappa shape index (κ3) is 3.29. The van der Waals surface area contributed by atoms with Crippen molar-refractivity contribution in [1.29, 1.82) is 0 Å².